The van der Waals surface area contributed by atoms with Crippen LogP contribution in [-0.4, -0.2) is 35.5 Å². The number of benzene rings is 1. The Labute approximate surface area is 113 Å². The Balaban J connectivity index is 2.03. The van der Waals surface area contributed by atoms with E-state index in [1.807, 2.05) is 6.07 Å². The Morgan fingerprint density at radius 2 is 2.32 bits per heavy atom. The van der Waals surface area contributed by atoms with Crippen molar-refractivity contribution in [3.05, 3.63) is 33.9 Å². The predicted molar refractivity (Wildman–Crippen MR) is 76.6 cm³/mol. The lowest BCUT2D eigenvalue weighted by Crippen LogP contribution is -2.34. The average Bonchev–Trinajstić information content (AvgIpc) is 2.84. The van der Waals surface area contributed by atoms with Crippen LogP contribution in [-0.2, 0) is 0 Å². The van der Waals surface area contributed by atoms with Gasteiger partial charge in [-0.2, -0.15) is 0 Å². The highest BCUT2D eigenvalue weighted by molar-refractivity contribution is 5.59. The fourth-order valence-electron chi connectivity index (χ4n) is 2.78. The van der Waals surface area contributed by atoms with Crippen molar-refractivity contribution < 1.29 is 4.92 Å². The first-order valence-electron chi connectivity index (χ1n) is 6.85. The molecule has 1 fully saturated rings. The molecule has 0 spiro atoms. The molecule has 19 heavy (non-hydrogen) atoms. The highest BCUT2D eigenvalue weighted by Gasteiger charge is 2.23. The van der Waals surface area contributed by atoms with Crippen LogP contribution in [0.4, 0.5) is 11.4 Å². The second kappa shape index (κ2) is 6.02. The van der Waals surface area contributed by atoms with Crippen LogP contribution in [0.25, 0.3) is 0 Å². The van der Waals surface area contributed by atoms with Gasteiger partial charge in [0.2, 0.25) is 0 Å². The number of nitro benzene ring substituents is 1. The van der Waals surface area contributed by atoms with E-state index in [0.29, 0.717) is 11.6 Å². The quantitative estimate of drug-likeness (QED) is 0.655. The van der Waals surface area contributed by atoms with E-state index >= 15 is 0 Å². The van der Waals surface area contributed by atoms with Gasteiger partial charge in [0.1, 0.15) is 0 Å². The number of hydrogen-bond donors (Lipinski definition) is 1. The lowest BCUT2D eigenvalue weighted by Gasteiger charge is -2.23. The van der Waals surface area contributed by atoms with Crippen LogP contribution < -0.4 is 5.32 Å². The van der Waals surface area contributed by atoms with Gasteiger partial charge >= 0.3 is 0 Å². The minimum Gasteiger partial charge on any atom is -0.383 e. The topological polar surface area (TPSA) is 58.4 Å². The molecule has 104 valence electrons. The number of nitro groups is 1. The molecule has 1 aromatic carbocycles. The summed E-state index contributed by atoms with van der Waals surface area (Å²) in [6, 6.07) is 5.74. The number of rotatable bonds is 5. The second-order valence-corrected chi connectivity index (χ2v) is 5.01. The fraction of sp³-hybridized carbons (Fsp3) is 0.571. The summed E-state index contributed by atoms with van der Waals surface area (Å²) in [5.41, 5.74) is 1.77. The normalized spacial score (nSPS) is 19.6. The Hall–Kier alpha value is -1.62. The minimum absolute atomic E-state index is 0.184. The van der Waals surface area contributed by atoms with Gasteiger partial charge in [-0.25, -0.2) is 0 Å². The van der Waals surface area contributed by atoms with E-state index in [0.717, 1.165) is 25.3 Å². The zero-order valence-corrected chi connectivity index (χ0v) is 11.6. The van der Waals surface area contributed by atoms with E-state index in [2.05, 4.69) is 17.1 Å². The molecule has 1 heterocycles. The molecule has 1 unspecified atom stereocenters. The van der Waals surface area contributed by atoms with Crippen LogP contribution in [0.5, 0.6) is 0 Å². The predicted octanol–water partition coefficient (Wildman–Crippen LogP) is 2.80. The van der Waals surface area contributed by atoms with Gasteiger partial charge in [0.05, 0.1) is 4.92 Å². The van der Waals surface area contributed by atoms with Crippen molar-refractivity contribution in [1.82, 2.24) is 4.90 Å². The number of likely N-dealkylation sites (tertiary alicyclic amines) is 1. The smallest absolute Gasteiger partial charge is 0.274 e. The summed E-state index contributed by atoms with van der Waals surface area (Å²) in [5.74, 6) is 0. The lowest BCUT2D eigenvalue weighted by atomic mass is 10.1. The van der Waals surface area contributed by atoms with E-state index in [1.54, 1.807) is 19.1 Å². The molecule has 0 bridgehead atoms. The highest BCUT2D eigenvalue weighted by atomic mass is 16.6. The van der Waals surface area contributed by atoms with E-state index < -0.39 is 0 Å². The Bertz CT molecular complexity index is 462. The molecule has 1 N–H and O–H groups in total. The molecule has 5 heteroatoms. The van der Waals surface area contributed by atoms with Crippen molar-refractivity contribution in [2.45, 2.75) is 32.7 Å². The molecule has 0 radical (unpaired) electrons. The third kappa shape index (κ3) is 3.04. The zero-order valence-electron chi connectivity index (χ0n) is 11.6. The van der Waals surface area contributed by atoms with E-state index in [4.69, 9.17) is 0 Å². The number of nitrogens with zero attached hydrogens (tertiary/aromatic N) is 2. The number of anilines is 1. The summed E-state index contributed by atoms with van der Waals surface area (Å²) in [7, 11) is 0. The van der Waals surface area contributed by atoms with Crippen LogP contribution in [0.15, 0.2) is 18.2 Å². The first-order chi connectivity index (χ1) is 9.13. The maximum Gasteiger partial charge on any atom is 0.274 e. The fourth-order valence-corrected chi connectivity index (χ4v) is 2.78. The van der Waals surface area contributed by atoms with Gasteiger partial charge in [0.15, 0.2) is 0 Å². The van der Waals surface area contributed by atoms with Crippen LogP contribution >= 0.6 is 0 Å². The summed E-state index contributed by atoms with van der Waals surface area (Å²) in [4.78, 5) is 13.0. The van der Waals surface area contributed by atoms with Gasteiger partial charge in [0.25, 0.3) is 5.69 Å². The zero-order chi connectivity index (χ0) is 13.8. The first-order valence-corrected chi connectivity index (χ1v) is 6.85. The van der Waals surface area contributed by atoms with Crippen LogP contribution in [0, 0.1) is 17.0 Å². The molecule has 0 saturated carbocycles. The standard InChI is InChI=1S/C14H21N3O2/c1-3-16-9-5-6-12(16)10-15-13-7-4-8-14(11(13)2)17(18)19/h4,7-8,12,15H,3,5-6,9-10H2,1-2H3. The molecule has 1 aromatic rings. The largest absolute Gasteiger partial charge is 0.383 e. The molecular formula is C14H21N3O2. The summed E-state index contributed by atoms with van der Waals surface area (Å²) < 4.78 is 0. The molecule has 0 aromatic heterocycles. The Morgan fingerprint density at radius 3 is 3.00 bits per heavy atom. The van der Waals surface area contributed by atoms with E-state index in [9.17, 15) is 10.1 Å². The molecule has 1 atom stereocenters. The Morgan fingerprint density at radius 1 is 1.53 bits per heavy atom. The molecule has 1 saturated heterocycles. The highest BCUT2D eigenvalue weighted by Crippen LogP contribution is 2.26. The van der Waals surface area contributed by atoms with Crippen LogP contribution in [0.3, 0.4) is 0 Å². The molecule has 0 amide bonds. The SMILES string of the molecule is CCN1CCCC1CNc1cccc([N+](=O)[O-])c1C. The van der Waals surface area contributed by atoms with E-state index in [-0.39, 0.29) is 10.6 Å². The van der Waals surface area contributed by atoms with Gasteiger partial charge in [-0.15, -0.1) is 0 Å². The number of likely N-dealkylation sites (N-methyl/N-ethyl adjacent to an activating group) is 1. The van der Waals surface area contributed by atoms with Gasteiger partial charge in [0, 0.05) is 29.9 Å². The van der Waals surface area contributed by atoms with Crippen molar-refractivity contribution in [3.63, 3.8) is 0 Å². The van der Waals surface area contributed by atoms with Crippen molar-refractivity contribution in [3.8, 4) is 0 Å². The third-order valence-electron chi connectivity index (χ3n) is 3.94. The van der Waals surface area contributed by atoms with Crippen molar-refractivity contribution >= 4 is 11.4 Å². The van der Waals surface area contributed by atoms with Crippen LogP contribution in [0.1, 0.15) is 25.3 Å². The van der Waals surface area contributed by atoms with Gasteiger partial charge in [-0.3, -0.25) is 15.0 Å². The van der Waals surface area contributed by atoms with Gasteiger partial charge < -0.3 is 5.32 Å². The van der Waals surface area contributed by atoms with Crippen molar-refractivity contribution in [2.75, 3.05) is 25.0 Å². The van der Waals surface area contributed by atoms with Crippen molar-refractivity contribution in [1.29, 1.82) is 0 Å². The van der Waals surface area contributed by atoms with E-state index in [1.165, 1.54) is 12.8 Å². The third-order valence-corrected chi connectivity index (χ3v) is 3.94. The number of nitrogens with one attached hydrogen (secondary N) is 1. The van der Waals surface area contributed by atoms with Crippen molar-refractivity contribution in [2.24, 2.45) is 0 Å². The molecular weight excluding hydrogens is 242 g/mol. The van der Waals surface area contributed by atoms with Gasteiger partial charge in [-0.1, -0.05) is 13.0 Å². The first kappa shape index (κ1) is 13.8. The maximum atomic E-state index is 10.9. The summed E-state index contributed by atoms with van der Waals surface area (Å²) in [5, 5.41) is 14.3. The molecule has 1 aliphatic heterocycles. The molecule has 0 aliphatic carbocycles. The molecule has 2 rings (SSSR count). The maximum absolute atomic E-state index is 10.9. The minimum atomic E-state index is -0.325. The average molecular weight is 263 g/mol. The Kier molecular flexibility index (Phi) is 4.37. The lowest BCUT2D eigenvalue weighted by molar-refractivity contribution is -0.385. The molecule has 5 nitrogen and oxygen atoms in total. The summed E-state index contributed by atoms with van der Waals surface area (Å²) in [6.45, 7) is 7.07. The molecule has 1 aliphatic rings. The summed E-state index contributed by atoms with van der Waals surface area (Å²) >= 11 is 0. The second-order valence-electron chi connectivity index (χ2n) is 5.01. The number of hydrogen-bond acceptors (Lipinski definition) is 4. The van der Waals surface area contributed by atoms with Crippen LogP contribution in [0.2, 0.25) is 0 Å². The monoisotopic (exact) mass is 263 g/mol. The summed E-state index contributed by atoms with van der Waals surface area (Å²) in [6.07, 6.45) is 2.45. The van der Waals surface area contributed by atoms with Gasteiger partial charge in [-0.05, 0) is 38.9 Å².